The van der Waals surface area contributed by atoms with Crippen molar-refractivity contribution >= 4 is 46.0 Å². The van der Waals surface area contributed by atoms with Gasteiger partial charge in [-0.25, -0.2) is 4.98 Å². The average molecular weight is 314 g/mol. The number of rotatable bonds is 2. The predicted octanol–water partition coefficient (Wildman–Crippen LogP) is 4.86. The Labute approximate surface area is 131 Å². The lowest BCUT2D eigenvalue weighted by Gasteiger charge is -2.03. The minimum Gasteiger partial charge on any atom is -0.290 e. The van der Waals surface area contributed by atoms with Crippen LogP contribution in [0.3, 0.4) is 0 Å². The maximum Gasteiger partial charge on any atom is 0.126 e. The molecule has 0 radical (unpaired) electrons. The van der Waals surface area contributed by atoms with E-state index in [1.807, 2.05) is 30.3 Å². The highest BCUT2D eigenvalue weighted by Gasteiger charge is 2.06. The van der Waals surface area contributed by atoms with Gasteiger partial charge in [0.15, 0.2) is 0 Å². The fourth-order valence-corrected chi connectivity index (χ4v) is 2.37. The number of aromatic nitrogens is 2. The second kappa shape index (κ2) is 5.61. The summed E-state index contributed by atoms with van der Waals surface area (Å²) in [4.78, 5) is 4.28. The number of nitrogens with zero attached hydrogens (tertiary/aromatic N) is 3. The number of nitriles is 1. The molecule has 3 aromatic rings. The van der Waals surface area contributed by atoms with Crippen LogP contribution < -0.4 is 0 Å². The molecule has 0 saturated carbocycles. The van der Waals surface area contributed by atoms with E-state index in [-0.39, 0.29) is 0 Å². The fourth-order valence-electron chi connectivity index (χ4n) is 2.07. The van der Waals surface area contributed by atoms with Gasteiger partial charge in [-0.05, 0) is 35.9 Å². The van der Waals surface area contributed by atoms with Crippen LogP contribution in [0.4, 0.5) is 0 Å². The van der Waals surface area contributed by atoms with E-state index >= 15 is 0 Å². The zero-order chi connectivity index (χ0) is 14.8. The Kier molecular flexibility index (Phi) is 3.66. The number of hydrogen-bond donors (Lipinski definition) is 0. The quantitative estimate of drug-likeness (QED) is 0.634. The average Bonchev–Trinajstić information content (AvgIpc) is 2.92. The summed E-state index contributed by atoms with van der Waals surface area (Å²) in [6, 6.07) is 15.1. The highest BCUT2D eigenvalue weighted by Crippen LogP contribution is 2.25. The molecule has 0 N–H and O–H groups in total. The van der Waals surface area contributed by atoms with Crippen molar-refractivity contribution in [1.29, 1.82) is 5.26 Å². The highest BCUT2D eigenvalue weighted by atomic mass is 35.5. The summed E-state index contributed by atoms with van der Waals surface area (Å²) in [5.74, 6) is 0. The van der Waals surface area contributed by atoms with E-state index < -0.39 is 0 Å². The zero-order valence-electron chi connectivity index (χ0n) is 10.8. The SMILES string of the molecule is N#CC(=Cc1ccc(Cl)c(Cl)c1)n1cnc2ccccc21. The van der Waals surface area contributed by atoms with Crippen LogP contribution in [-0.2, 0) is 0 Å². The first-order chi connectivity index (χ1) is 10.2. The van der Waals surface area contributed by atoms with Crippen LogP contribution >= 0.6 is 23.2 Å². The van der Waals surface area contributed by atoms with Crippen molar-refractivity contribution in [3.63, 3.8) is 0 Å². The highest BCUT2D eigenvalue weighted by molar-refractivity contribution is 6.42. The molecule has 0 bridgehead atoms. The third-order valence-electron chi connectivity index (χ3n) is 3.07. The Hall–Kier alpha value is -2.28. The molecule has 0 atom stereocenters. The lowest BCUT2D eigenvalue weighted by Crippen LogP contribution is -1.92. The Morgan fingerprint density at radius 3 is 2.71 bits per heavy atom. The van der Waals surface area contributed by atoms with Gasteiger partial charge in [0.1, 0.15) is 18.1 Å². The molecule has 5 heteroatoms. The van der Waals surface area contributed by atoms with Crippen molar-refractivity contribution in [3.8, 4) is 6.07 Å². The molecule has 0 aliphatic heterocycles. The van der Waals surface area contributed by atoms with Gasteiger partial charge in [0.05, 0.1) is 21.1 Å². The van der Waals surface area contributed by atoms with Crippen molar-refractivity contribution in [2.75, 3.05) is 0 Å². The molecule has 0 aliphatic carbocycles. The van der Waals surface area contributed by atoms with Crippen molar-refractivity contribution < 1.29 is 0 Å². The van der Waals surface area contributed by atoms with E-state index in [4.69, 9.17) is 23.2 Å². The topological polar surface area (TPSA) is 41.6 Å². The van der Waals surface area contributed by atoms with Gasteiger partial charge in [0, 0.05) is 0 Å². The summed E-state index contributed by atoms with van der Waals surface area (Å²) >= 11 is 11.9. The number of fused-ring (bicyclic) bond motifs is 1. The number of benzene rings is 2. The minimum absolute atomic E-state index is 0.457. The number of para-hydroxylation sites is 2. The van der Waals surface area contributed by atoms with Crippen molar-refractivity contribution in [2.45, 2.75) is 0 Å². The normalized spacial score (nSPS) is 11.6. The van der Waals surface area contributed by atoms with Crippen LogP contribution in [0.1, 0.15) is 5.56 Å². The van der Waals surface area contributed by atoms with E-state index in [1.54, 1.807) is 29.1 Å². The number of halogens is 2. The molecule has 0 aliphatic rings. The monoisotopic (exact) mass is 313 g/mol. The van der Waals surface area contributed by atoms with Gasteiger partial charge in [-0.3, -0.25) is 4.57 Å². The summed E-state index contributed by atoms with van der Waals surface area (Å²) in [6.07, 6.45) is 3.38. The molecule has 102 valence electrons. The first kappa shape index (κ1) is 13.7. The summed E-state index contributed by atoms with van der Waals surface area (Å²) in [5, 5.41) is 10.4. The lowest BCUT2D eigenvalue weighted by atomic mass is 10.2. The molecule has 1 aromatic heterocycles. The van der Waals surface area contributed by atoms with Crippen molar-refractivity contribution in [1.82, 2.24) is 9.55 Å². The van der Waals surface area contributed by atoms with Gasteiger partial charge in [-0.2, -0.15) is 5.26 Å². The van der Waals surface area contributed by atoms with Crippen LogP contribution in [0.2, 0.25) is 10.0 Å². The van der Waals surface area contributed by atoms with Gasteiger partial charge in [-0.1, -0.05) is 41.4 Å². The van der Waals surface area contributed by atoms with E-state index in [0.717, 1.165) is 16.6 Å². The molecule has 0 saturated heterocycles. The van der Waals surface area contributed by atoms with Crippen LogP contribution in [0.5, 0.6) is 0 Å². The summed E-state index contributed by atoms with van der Waals surface area (Å²) in [5.41, 5.74) is 2.99. The molecule has 0 spiro atoms. The molecule has 3 nitrogen and oxygen atoms in total. The van der Waals surface area contributed by atoms with Gasteiger partial charge in [0.2, 0.25) is 0 Å². The zero-order valence-corrected chi connectivity index (χ0v) is 12.3. The fraction of sp³-hybridized carbons (Fsp3) is 0. The van der Waals surface area contributed by atoms with Crippen molar-refractivity contribution in [3.05, 3.63) is 64.4 Å². The Morgan fingerprint density at radius 1 is 1.14 bits per heavy atom. The Bertz CT molecular complexity index is 888. The molecular weight excluding hydrogens is 305 g/mol. The lowest BCUT2D eigenvalue weighted by molar-refractivity contribution is 1.14. The van der Waals surface area contributed by atoms with E-state index in [1.165, 1.54) is 0 Å². The van der Waals surface area contributed by atoms with Gasteiger partial charge >= 0.3 is 0 Å². The van der Waals surface area contributed by atoms with Crippen LogP contribution in [0, 0.1) is 11.3 Å². The summed E-state index contributed by atoms with van der Waals surface area (Å²) < 4.78 is 1.75. The second-order valence-corrected chi connectivity index (χ2v) is 5.23. The Balaban J connectivity index is 2.11. The summed E-state index contributed by atoms with van der Waals surface area (Å²) in [7, 11) is 0. The van der Waals surface area contributed by atoms with E-state index in [2.05, 4.69) is 11.1 Å². The smallest absolute Gasteiger partial charge is 0.126 e. The standard InChI is InChI=1S/C16H9Cl2N3/c17-13-6-5-11(8-14(13)18)7-12(9-19)21-10-20-15-3-1-2-4-16(15)21/h1-8,10H. The first-order valence-corrected chi connectivity index (χ1v) is 6.94. The third kappa shape index (κ3) is 2.64. The van der Waals surface area contributed by atoms with Crippen molar-refractivity contribution in [2.24, 2.45) is 0 Å². The molecule has 2 aromatic carbocycles. The molecule has 0 unspecified atom stereocenters. The molecule has 3 rings (SSSR count). The molecule has 0 amide bonds. The van der Waals surface area contributed by atoms with Gasteiger partial charge in [0.25, 0.3) is 0 Å². The number of allylic oxidation sites excluding steroid dienone is 1. The largest absolute Gasteiger partial charge is 0.290 e. The maximum absolute atomic E-state index is 9.42. The van der Waals surface area contributed by atoms with Gasteiger partial charge in [-0.15, -0.1) is 0 Å². The maximum atomic E-state index is 9.42. The minimum atomic E-state index is 0.457. The first-order valence-electron chi connectivity index (χ1n) is 6.18. The van der Waals surface area contributed by atoms with Crippen LogP contribution in [-0.4, -0.2) is 9.55 Å². The third-order valence-corrected chi connectivity index (χ3v) is 3.81. The van der Waals surface area contributed by atoms with E-state index in [0.29, 0.717) is 15.7 Å². The molecule has 21 heavy (non-hydrogen) atoms. The Morgan fingerprint density at radius 2 is 1.95 bits per heavy atom. The number of imidazole rings is 1. The molecule has 0 fully saturated rings. The second-order valence-electron chi connectivity index (χ2n) is 4.42. The molecule has 1 heterocycles. The molecular formula is C16H9Cl2N3. The van der Waals surface area contributed by atoms with Gasteiger partial charge < -0.3 is 0 Å². The van der Waals surface area contributed by atoms with Crippen LogP contribution in [0.25, 0.3) is 22.8 Å². The van der Waals surface area contributed by atoms with E-state index in [9.17, 15) is 5.26 Å². The summed E-state index contributed by atoms with van der Waals surface area (Å²) in [6.45, 7) is 0. The predicted molar refractivity (Wildman–Crippen MR) is 86.0 cm³/mol. The van der Waals surface area contributed by atoms with Crippen LogP contribution in [0.15, 0.2) is 48.8 Å². The number of hydrogen-bond acceptors (Lipinski definition) is 2.